The molecule has 0 N–H and O–H groups in total. The van der Waals surface area contributed by atoms with E-state index in [1.165, 1.54) is 6.07 Å². The van der Waals surface area contributed by atoms with E-state index in [1.807, 2.05) is 0 Å². The molecule has 0 spiro atoms. The Morgan fingerprint density at radius 3 is 2.61 bits per heavy atom. The van der Waals surface area contributed by atoms with E-state index in [9.17, 15) is 18.0 Å². The first-order chi connectivity index (χ1) is 8.47. The van der Waals surface area contributed by atoms with Gasteiger partial charge < -0.3 is 9.47 Å². The molecule has 0 heterocycles. The zero-order chi connectivity index (χ0) is 13.7. The van der Waals surface area contributed by atoms with Gasteiger partial charge in [-0.25, -0.2) is 4.39 Å². The quantitative estimate of drug-likeness (QED) is 0.615. The minimum absolute atomic E-state index is 0.0605. The number of halogens is 4. The van der Waals surface area contributed by atoms with Crippen molar-refractivity contribution in [3.05, 3.63) is 29.1 Å². The number of rotatable bonds is 5. The van der Waals surface area contributed by atoms with Gasteiger partial charge in [0.15, 0.2) is 0 Å². The maximum atomic E-state index is 13.7. The summed E-state index contributed by atoms with van der Waals surface area (Å²) in [6.45, 7) is -3.12. The lowest BCUT2D eigenvalue weighted by Gasteiger charge is -2.12. The van der Waals surface area contributed by atoms with Crippen LogP contribution in [0, 0.1) is 5.82 Å². The molecule has 0 aliphatic heterocycles. The number of hydrogen-bond donors (Lipinski definition) is 0. The van der Waals surface area contributed by atoms with E-state index in [2.05, 4.69) is 9.47 Å². The molecule has 0 bridgehead atoms. The monoisotopic (exact) mass is 282 g/mol. The van der Waals surface area contributed by atoms with E-state index in [4.69, 9.17) is 11.6 Å². The van der Waals surface area contributed by atoms with Crippen molar-refractivity contribution in [2.45, 2.75) is 18.9 Å². The lowest BCUT2D eigenvalue weighted by atomic mass is 10.1. The van der Waals surface area contributed by atoms with Gasteiger partial charge in [0.05, 0.1) is 13.5 Å². The molecule has 0 aliphatic carbocycles. The maximum absolute atomic E-state index is 13.7. The summed E-state index contributed by atoms with van der Waals surface area (Å²) >= 11 is 5.49. The lowest BCUT2D eigenvalue weighted by Crippen LogP contribution is -2.11. The van der Waals surface area contributed by atoms with Crippen LogP contribution >= 0.6 is 11.6 Å². The van der Waals surface area contributed by atoms with Crippen molar-refractivity contribution in [2.24, 2.45) is 0 Å². The third-order valence-corrected chi connectivity index (χ3v) is 2.44. The Balaban J connectivity index is 3.15. The molecule has 0 amide bonds. The molecule has 0 aromatic heterocycles. The number of methoxy groups -OCH3 is 1. The van der Waals surface area contributed by atoms with Crippen LogP contribution in [0.25, 0.3) is 0 Å². The second-order valence-electron chi connectivity index (χ2n) is 3.32. The van der Waals surface area contributed by atoms with Gasteiger partial charge in [-0.05, 0) is 17.7 Å². The number of ether oxygens (including phenoxy) is 2. The van der Waals surface area contributed by atoms with Crippen LogP contribution in [0.4, 0.5) is 13.2 Å². The van der Waals surface area contributed by atoms with Gasteiger partial charge in [0.2, 0.25) is 0 Å². The topological polar surface area (TPSA) is 35.5 Å². The van der Waals surface area contributed by atoms with E-state index in [-0.39, 0.29) is 17.0 Å². The summed E-state index contributed by atoms with van der Waals surface area (Å²) in [5, 5.41) is 0. The highest BCUT2D eigenvalue weighted by Gasteiger charge is 2.18. The molecule has 3 nitrogen and oxygen atoms in total. The average Bonchev–Trinajstić information content (AvgIpc) is 2.32. The minimum atomic E-state index is -3.12. The number of benzene rings is 1. The van der Waals surface area contributed by atoms with Crippen LogP contribution in [0.3, 0.4) is 0 Å². The first-order valence-electron chi connectivity index (χ1n) is 4.86. The third-order valence-electron chi connectivity index (χ3n) is 2.13. The average molecular weight is 283 g/mol. The lowest BCUT2D eigenvalue weighted by molar-refractivity contribution is -0.140. The molecule has 0 atom stereocenters. The smallest absolute Gasteiger partial charge is 0.387 e. The van der Waals surface area contributed by atoms with Gasteiger partial charge in [-0.15, -0.1) is 11.6 Å². The van der Waals surface area contributed by atoms with Crippen LogP contribution in [0.1, 0.15) is 11.1 Å². The van der Waals surface area contributed by atoms with Crippen molar-refractivity contribution < 1.29 is 27.4 Å². The summed E-state index contributed by atoms with van der Waals surface area (Å²) < 4.78 is 46.6. The fourth-order valence-electron chi connectivity index (χ4n) is 1.33. The first kappa shape index (κ1) is 14.6. The zero-order valence-electron chi connectivity index (χ0n) is 9.38. The number of carbonyl (C=O) groups excluding carboxylic acids is 1. The zero-order valence-corrected chi connectivity index (χ0v) is 10.1. The molecule has 1 aromatic rings. The molecule has 0 unspecified atom stereocenters. The summed E-state index contributed by atoms with van der Waals surface area (Å²) in [6, 6.07) is 2.23. The van der Waals surface area contributed by atoms with Gasteiger partial charge in [-0.3, -0.25) is 4.79 Å². The Hall–Kier alpha value is -1.43. The summed E-state index contributed by atoms with van der Waals surface area (Å²) in [7, 11) is 1.11. The highest BCUT2D eigenvalue weighted by molar-refractivity contribution is 6.17. The van der Waals surface area contributed by atoms with Crippen molar-refractivity contribution in [2.75, 3.05) is 7.11 Å². The molecular weight excluding hydrogens is 273 g/mol. The van der Waals surface area contributed by atoms with Gasteiger partial charge in [-0.1, -0.05) is 0 Å². The number of hydrogen-bond acceptors (Lipinski definition) is 3. The fraction of sp³-hybridized carbons (Fsp3) is 0.364. The van der Waals surface area contributed by atoms with Crippen molar-refractivity contribution in [1.82, 2.24) is 0 Å². The fourth-order valence-corrected chi connectivity index (χ4v) is 1.49. The largest absolute Gasteiger partial charge is 0.469 e. The summed E-state index contributed by atoms with van der Waals surface area (Å²) in [4.78, 5) is 11.1. The van der Waals surface area contributed by atoms with Gasteiger partial charge in [-0.2, -0.15) is 8.78 Å². The van der Waals surface area contributed by atoms with Crippen LogP contribution in [0.15, 0.2) is 12.1 Å². The maximum Gasteiger partial charge on any atom is 0.387 e. The highest BCUT2D eigenvalue weighted by atomic mass is 35.5. The van der Waals surface area contributed by atoms with E-state index in [1.54, 1.807) is 0 Å². The Morgan fingerprint density at radius 2 is 2.11 bits per heavy atom. The molecule has 0 fully saturated rings. The van der Waals surface area contributed by atoms with E-state index in [0.717, 1.165) is 13.2 Å². The number of esters is 1. The van der Waals surface area contributed by atoms with E-state index < -0.39 is 30.6 Å². The van der Waals surface area contributed by atoms with E-state index in [0.29, 0.717) is 0 Å². The van der Waals surface area contributed by atoms with Crippen molar-refractivity contribution in [3.8, 4) is 5.75 Å². The molecule has 100 valence electrons. The van der Waals surface area contributed by atoms with E-state index >= 15 is 0 Å². The molecule has 0 saturated heterocycles. The highest BCUT2D eigenvalue weighted by Crippen LogP contribution is 2.27. The molecular formula is C11H10ClF3O3. The van der Waals surface area contributed by atoms with Crippen LogP contribution in [0.2, 0.25) is 0 Å². The Bertz CT molecular complexity index is 438. The van der Waals surface area contributed by atoms with Crippen LogP contribution in [-0.2, 0) is 21.8 Å². The second kappa shape index (κ2) is 6.49. The summed E-state index contributed by atoms with van der Waals surface area (Å²) in [5.41, 5.74) is -0.00514. The standard InChI is InChI=1S/C11H10ClF3O3/c1-17-10(16)4-7-8(13)2-6(5-12)3-9(7)18-11(14)15/h2-3,11H,4-5H2,1H3. The van der Waals surface area contributed by atoms with Gasteiger partial charge in [0.25, 0.3) is 0 Å². The molecule has 0 radical (unpaired) electrons. The predicted octanol–water partition coefficient (Wildman–Crippen LogP) is 2.88. The van der Waals surface area contributed by atoms with Gasteiger partial charge in [0, 0.05) is 11.4 Å². The van der Waals surface area contributed by atoms with Gasteiger partial charge in [0.1, 0.15) is 11.6 Å². The predicted molar refractivity (Wildman–Crippen MR) is 58.3 cm³/mol. The molecule has 1 rings (SSSR count). The Kier molecular flexibility index (Phi) is 5.27. The molecule has 0 aliphatic rings. The summed E-state index contributed by atoms with van der Waals surface area (Å²) in [5.74, 6) is -2.07. The SMILES string of the molecule is COC(=O)Cc1c(F)cc(CCl)cc1OC(F)F. The second-order valence-corrected chi connectivity index (χ2v) is 3.59. The Morgan fingerprint density at radius 1 is 1.44 bits per heavy atom. The normalized spacial score (nSPS) is 10.6. The molecule has 7 heteroatoms. The first-order valence-corrected chi connectivity index (χ1v) is 5.40. The Labute approximate surface area is 106 Å². The number of carbonyl (C=O) groups is 1. The van der Waals surface area contributed by atoms with Crippen molar-refractivity contribution in [1.29, 1.82) is 0 Å². The van der Waals surface area contributed by atoms with Gasteiger partial charge >= 0.3 is 12.6 Å². The third kappa shape index (κ3) is 3.80. The minimum Gasteiger partial charge on any atom is -0.469 e. The van der Waals surface area contributed by atoms with Crippen LogP contribution in [-0.4, -0.2) is 19.7 Å². The molecule has 1 aromatic carbocycles. The van der Waals surface area contributed by atoms with Crippen LogP contribution in [0.5, 0.6) is 5.75 Å². The van der Waals surface area contributed by atoms with Crippen molar-refractivity contribution in [3.63, 3.8) is 0 Å². The summed E-state index contributed by atoms with van der Waals surface area (Å²) in [6.07, 6.45) is -0.493. The van der Waals surface area contributed by atoms with Crippen LogP contribution < -0.4 is 4.74 Å². The van der Waals surface area contributed by atoms with Crippen molar-refractivity contribution >= 4 is 17.6 Å². The number of alkyl halides is 3. The molecule has 18 heavy (non-hydrogen) atoms. The molecule has 0 saturated carbocycles.